The molecule has 0 atom stereocenters. The molecule has 0 bridgehead atoms. The molecule has 2 amide bonds. The lowest BCUT2D eigenvalue weighted by atomic mass is 10.0. The van der Waals surface area contributed by atoms with Crippen molar-refractivity contribution in [3.63, 3.8) is 0 Å². The minimum Gasteiger partial charge on any atom is -0.376 e. The van der Waals surface area contributed by atoms with Crippen LogP contribution in [0.1, 0.15) is 25.7 Å². The van der Waals surface area contributed by atoms with E-state index in [1.807, 2.05) is 37.2 Å². The maximum Gasteiger partial charge on any atom is 0.313 e. The molecule has 6 nitrogen and oxygen atoms in total. The Morgan fingerprint density at radius 1 is 1.04 bits per heavy atom. The number of para-hydroxylation sites is 2. The second kappa shape index (κ2) is 7.21. The third kappa shape index (κ3) is 4.06. The number of nitrogens with zero attached hydrogens (tertiary/aromatic N) is 2. The zero-order valence-electron chi connectivity index (χ0n) is 14.4. The topological polar surface area (TPSA) is 64.7 Å². The fourth-order valence-electron chi connectivity index (χ4n) is 3.25. The highest BCUT2D eigenvalue weighted by Gasteiger charge is 2.32. The SMILES string of the molecule is CN(C)c1ccccc1NC(=O)C(=O)NC1CCN(C2CC2)CC1. The Hall–Kier alpha value is -2.08. The Balaban J connectivity index is 1.51. The first kappa shape index (κ1) is 16.8. The summed E-state index contributed by atoms with van der Waals surface area (Å²) in [5, 5.41) is 5.59. The Morgan fingerprint density at radius 3 is 2.33 bits per heavy atom. The highest BCUT2D eigenvalue weighted by Crippen LogP contribution is 2.29. The second-order valence-corrected chi connectivity index (χ2v) is 6.88. The normalized spacial score (nSPS) is 18.9. The molecule has 3 rings (SSSR count). The van der Waals surface area contributed by atoms with Gasteiger partial charge in [0.1, 0.15) is 0 Å². The molecule has 2 aliphatic rings. The molecular formula is C18H26N4O2. The minimum atomic E-state index is -0.603. The molecule has 24 heavy (non-hydrogen) atoms. The van der Waals surface area contributed by atoms with Crippen molar-refractivity contribution >= 4 is 23.2 Å². The number of piperidine rings is 1. The van der Waals surface area contributed by atoms with Crippen LogP contribution in [-0.2, 0) is 9.59 Å². The molecule has 0 aromatic heterocycles. The monoisotopic (exact) mass is 330 g/mol. The summed E-state index contributed by atoms with van der Waals surface area (Å²) in [5.41, 5.74) is 1.52. The molecule has 1 heterocycles. The van der Waals surface area contributed by atoms with Gasteiger partial charge in [0.05, 0.1) is 11.4 Å². The summed E-state index contributed by atoms with van der Waals surface area (Å²) in [7, 11) is 3.80. The molecule has 2 N–H and O–H groups in total. The molecular weight excluding hydrogens is 304 g/mol. The zero-order chi connectivity index (χ0) is 17.1. The van der Waals surface area contributed by atoms with E-state index in [0.717, 1.165) is 37.7 Å². The molecule has 130 valence electrons. The molecule has 0 spiro atoms. The van der Waals surface area contributed by atoms with Crippen molar-refractivity contribution < 1.29 is 9.59 Å². The van der Waals surface area contributed by atoms with Crippen molar-refractivity contribution in [2.24, 2.45) is 0 Å². The van der Waals surface area contributed by atoms with Crippen molar-refractivity contribution in [1.82, 2.24) is 10.2 Å². The number of likely N-dealkylation sites (tertiary alicyclic amines) is 1. The van der Waals surface area contributed by atoms with Gasteiger partial charge in [0.25, 0.3) is 0 Å². The van der Waals surface area contributed by atoms with Crippen molar-refractivity contribution in [3.05, 3.63) is 24.3 Å². The van der Waals surface area contributed by atoms with E-state index in [9.17, 15) is 9.59 Å². The summed E-state index contributed by atoms with van der Waals surface area (Å²) < 4.78 is 0. The predicted octanol–water partition coefficient (Wildman–Crippen LogP) is 1.43. The van der Waals surface area contributed by atoms with Crippen molar-refractivity contribution in [1.29, 1.82) is 0 Å². The van der Waals surface area contributed by atoms with Gasteiger partial charge in [0, 0.05) is 39.3 Å². The fraction of sp³-hybridized carbons (Fsp3) is 0.556. The molecule has 1 saturated carbocycles. The fourth-order valence-corrected chi connectivity index (χ4v) is 3.25. The number of benzene rings is 1. The first-order valence-electron chi connectivity index (χ1n) is 8.67. The van der Waals surface area contributed by atoms with E-state index in [2.05, 4.69) is 15.5 Å². The third-order valence-electron chi connectivity index (χ3n) is 4.77. The van der Waals surface area contributed by atoms with E-state index in [1.165, 1.54) is 12.8 Å². The van der Waals surface area contributed by atoms with E-state index >= 15 is 0 Å². The zero-order valence-corrected chi connectivity index (χ0v) is 14.4. The van der Waals surface area contributed by atoms with Crippen LogP contribution in [0.25, 0.3) is 0 Å². The van der Waals surface area contributed by atoms with Crippen molar-refractivity contribution in [3.8, 4) is 0 Å². The van der Waals surface area contributed by atoms with Gasteiger partial charge in [-0.15, -0.1) is 0 Å². The van der Waals surface area contributed by atoms with Crippen LogP contribution >= 0.6 is 0 Å². The van der Waals surface area contributed by atoms with Gasteiger partial charge in [-0.25, -0.2) is 0 Å². The summed E-state index contributed by atoms with van der Waals surface area (Å²) in [4.78, 5) is 28.8. The van der Waals surface area contributed by atoms with Gasteiger partial charge < -0.3 is 20.4 Å². The first-order chi connectivity index (χ1) is 11.5. The van der Waals surface area contributed by atoms with Crippen LogP contribution in [0.15, 0.2) is 24.3 Å². The van der Waals surface area contributed by atoms with Crippen LogP contribution < -0.4 is 15.5 Å². The lowest BCUT2D eigenvalue weighted by Gasteiger charge is -2.32. The highest BCUT2D eigenvalue weighted by atomic mass is 16.2. The van der Waals surface area contributed by atoms with Gasteiger partial charge in [-0.05, 0) is 37.8 Å². The number of carbonyl (C=O) groups excluding carboxylic acids is 2. The van der Waals surface area contributed by atoms with Gasteiger partial charge >= 0.3 is 11.8 Å². The summed E-state index contributed by atoms with van der Waals surface area (Å²) >= 11 is 0. The maximum absolute atomic E-state index is 12.2. The Labute approximate surface area is 143 Å². The summed E-state index contributed by atoms with van der Waals surface area (Å²) in [6.07, 6.45) is 4.46. The summed E-state index contributed by atoms with van der Waals surface area (Å²) in [6.45, 7) is 2.03. The van der Waals surface area contributed by atoms with E-state index in [0.29, 0.717) is 5.69 Å². The Morgan fingerprint density at radius 2 is 1.71 bits per heavy atom. The van der Waals surface area contributed by atoms with Crippen molar-refractivity contribution in [2.45, 2.75) is 37.8 Å². The molecule has 1 aliphatic carbocycles. The van der Waals surface area contributed by atoms with Crippen LogP contribution in [0.2, 0.25) is 0 Å². The first-order valence-corrected chi connectivity index (χ1v) is 8.67. The average molecular weight is 330 g/mol. The number of nitrogens with one attached hydrogen (secondary N) is 2. The molecule has 6 heteroatoms. The average Bonchev–Trinajstić information content (AvgIpc) is 3.40. The van der Waals surface area contributed by atoms with Crippen LogP contribution in [0.3, 0.4) is 0 Å². The summed E-state index contributed by atoms with van der Waals surface area (Å²) in [6, 6.07) is 8.32. The number of anilines is 2. The standard InChI is InChI=1S/C18H26N4O2/c1-21(2)16-6-4-3-5-15(16)20-18(24)17(23)19-13-9-11-22(12-10-13)14-7-8-14/h3-6,13-14H,7-12H2,1-2H3,(H,19,23)(H,20,24). The quantitative estimate of drug-likeness (QED) is 0.820. The van der Waals surface area contributed by atoms with Crippen LogP contribution in [0.5, 0.6) is 0 Å². The Bertz CT molecular complexity index is 605. The van der Waals surface area contributed by atoms with Gasteiger partial charge in [-0.3, -0.25) is 9.59 Å². The molecule has 1 aromatic carbocycles. The minimum absolute atomic E-state index is 0.0994. The number of hydrogen-bond acceptors (Lipinski definition) is 4. The highest BCUT2D eigenvalue weighted by molar-refractivity contribution is 6.40. The summed E-state index contributed by atoms with van der Waals surface area (Å²) in [5.74, 6) is -1.15. The van der Waals surface area contributed by atoms with Gasteiger partial charge in [-0.1, -0.05) is 12.1 Å². The van der Waals surface area contributed by atoms with E-state index in [1.54, 1.807) is 6.07 Å². The number of carbonyl (C=O) groups is 2. The molecule has 1 aromatic rings. The van der Waals surface area contributed by atoms with Crippen LogP contribution in [0, 0.1) is 0 Å². The third-order valence-corrected chi connectivity index (χ3v) is 4.77. The lowest BCUT2D eigenvalue weighted by molar-refractivity contribution is -0.136. The van der Waals surface area contributed by atoms with Crippen molar-refractivity contribution in [2.75, 3.05) is 37.4 Å². The van der Waals surface area contributed by atoms with Gasteiger partial charge in [0.15, 0.2) is 0 Å². The molecule has 2 fully saturated rings. The van der Waals surface area contributed by atoms with Crippen LogP contribution in [0.4, 0.5) is 11.4 Å². The van der Waals surface area contributed by atoms with Gasteiger partial charge in [-0.2, -0.15) is 0 Å². The molecule has 0 radical (unpaired) electrons. The van der Waals surface area contributed by atoms with E-state index < -0.39 is 11.8 Å². The number of amides is 2. The lowest BCUT2D eigenvalue weighted by Crippen LogP contribution is -2.48. The number of hydrogen-bond donors (Lipinski definition) is 2. The Kier molecular flexibility index (Phi) is 5.04. The predicted molar refractivity (Wildman–Crippen MR) is 95.2 cm³/mol. The largest absolute Gasteiger partial charge is 0.376 e. The maximum atomic E-state index is 12.2. The smallest absolute Gasteiger partial charge is 0.313 e. The van der Waals surface area contributed by atoms with E-state index in [-0.39, 0.29) is 6.04 Å². The molecule has 1 saturated heterocycles. The van der Waals surface area contributed by atoms with Crippen LogP contribution in [-0.4, -0.2) is 56.0 Å². The van der Waals surface area contributed by atoms with E-state index in [4.69, 9.17) is 0 Å². The molecule has 0 unspecified atom stereocenters. The van der Waals surface area contributed by atoms with Gasteiger partial charge in [0.2, 0.25) is 0 Å². The second-order valence-electron chi connectivity index (χ2n) is 6.88. The molecule has 1 aliphatic heterocycles. The number of rotatable bonds is 4.